The molecule has 1 unspecified atom stereocenters. The molecular weight excluding hydrogens is 467 g/mol. The number of aromatic amines is 2. The number of aromatic nitrogens is 4. The van der Waals surface area contributed by atoms with E-state index in [1.165, 1.54) is 24.3 Å². The van der Waals surface area contributed by atoms with Crippen molar-refractivity contribution in [3.63, 3.8) is 0 Å². The van der Waals surface area contributed by atoms with Crippen LogP contribution in [0.5, 0.6) is 5.75 Å². The van der Waals surface area contributed by atoms with Crippen LogP contribution < -0.4 is 10.9 Å². The monoisotopic (exact) mass is 490 g/mol. The number of benzene rings is 2. The van der Waals surface area contributed by atoms with Gasteiger partial charge in [-0.2, -0.15) is 0 Å². The molecule has 10 nitrogen and oxygen atoms in total. The Hall–Kier alpha value is -4.54. The number of carbonyl (C=O) groups is 2. The minimum atomic E-state index is -0.871. The van der Waals surface area contributed by atoms with Gasteiger partial charge in [0.05, 0.1) is 23.4 Å². The molecule has 1 saturated heterocycles. The summed E-state index contributed by atoms with van der Waals surface area (Å²) in [6, 6.07) is 10.1. The lowest BCUT2D eigenvalue weighted by Gasteiger charge is -2.35. The van der Waals surface area contributed by atoms with Crippen LogP contribution in [0.2, 0.25) is 0 Å². The number of nitrogens with one attached hydrogen (secondary N) is 3. The van der Waals surface area contributed by atoms with Gasteiger partial charge in [0.25, 0.3) is 17.4 Å². The number of halogens is 1. The largest absolute Gasteiger partial charge is 0.501 e. The van der Waals surface area contributed by atoms with Crippen LogP contribution in [-0.2, 0) is 6.54 Å². The number of likely N-dealkylation sites (tertiary alicyclic amines) is 1. The Morgan fingerprint density at radius 3 is 2.78 bits per heavy atom. The predicted molar refractivity (Wildman–Crippen MR) is 128 cm³/mol. The van der Waals surface area contributed by atoms with Crippen LogP contribution in [-0.4, -0.2) is 48.3 Å². The fraction of sp³-hybridized carbons (Fsp3) is 0.240. The predicted octanol–water partition coefficient (Wildman–Crippen LogP) is 2.79. The molecular formula is C25H23FN6O4. The minimum Gasteiger partial charge on any atom is -0.501 e. The quantitative estimate of drug-likeness (QED) is 0.339. The van der Waals surface area contributed by atoms with E-state index in [9.17, 15) is 23.9 Å². The van der Waals surface area contributed by atoms with E-state index >= 15 is 0 Å². The molecule has 0 radical (unpaired) electrons. The van der Waals surface area contributed by atoms with E-state index < -0.39 is 34.8 Å². The summed E-state index contributed by atoms with van der Waals surface area (Å²) in [4.78, 5) is 54.3. The summed E-state index contributed by atoms with van der Waals surface area (Å²) in [5.74, 6) is -2.09. The summed E-state index contributed by atoms with van der Waals surface area (Å²) < 4.78 is 13.1. The standard InChI is InChI=1S/C25H23FN6O4/c26-16-7-4-14(5-8-16)12-27-23(34)20-21(33)24(35)31-22(30-20)19-3-1-2-10-32(19)25(36)15-6-9-17-18(11-15)29-13-28-17/h4-9,11,13,19,33H,1-3,10,12H2,(H,27,34)(H,28,29)(H,30,31,35). The number of hydrogen-bond donors (Lipinski definition) is 4. The van der Waals surface area contributed by atoms with Crippen molar-refractivity contribution >= 4 is 22.8 Å². The molecule has 1 atom stereocenters. The highest BCUT2D eigenvalue weighted by Crippen LogP contribution is 2.31. The van der Waals surface area contributed by atoms with Gasteiger partial charge in [0.2, 0.25) is 5.75 Å². The smallest absolute Gasteiger partial charge is 0.294 e. The second-order valence-corrected chi connectivity index (χ2v) is 8.60. The molecule has 0 aliphatic carbocycles. The molecule has 3 heterocycles. The van der Waals surface area contributed by atoms with Gasteiger partial charge >= 0.3 is 0 Å². The molecule has 1 aliphatic rings. The van der Waals surface area contributed by atoms with Gasteiger partial charge in [-0.3, -0.25) is 14.4 Å². The summed E-state index contributed by atoms with van der Waals surface area (Å²) in [7, 11) is 0. The maximum absolute atomic E-state index is 13.4. The minimum absolute atomic E-state index is 0.0481. The lowest BCUT2D eigenvalue weighted by Crippen LogP contribution is -2.40. The van der Waals surface area contributed by atoms with Gasteiger partial charge in [-0.1, -0.05) is 12.1 Å². The third-order valence-corrected chi connectivity index (χ3v) is 6.24. The molecule has 4 aromatic rings. The Morgan fingerprint density at radius 2 is 1.97 bits per heavy atom. The van der Waals surface area contributed by atoms with Crippen LogP contribution in [0.15, 0.2) is 53.6 Å². The highest BCUT2D eigenvalue weighted by atomic mass is 19.1. The number of fused-ring (bicyclic) bond motifs is 1. The van der Waals surface area contributed by atoms with Crippen molar-refractivity contribution in [1.82, 2.24) is 30.2 Å². The van der Waals surface area contributed by atoms with Crippen molar-refractivity contribution in [3.8, 4) is 5.75 Å². The van der Waals surface area contributed by atoms with Gasteiger partial charge < -0.3 is 25.3 Å². The lowest BCUT2D eigenvalue weighted by atomic mass is 9.99. The van der Waals surface area contributed by atoms with Gasteiger partial charge in [0.15, 0.2) is 5.69 Å². The van der Waals surface area contributed by atoms with Crippen molar-refractivity contribution in [2.24, 2.45) is 0 Å². The first-order valence-corrected chi connectivity index (χ1v) is 11.5. The molecule has 36 heavy (non-hydrogen) atoms. The summed E-state index contributed by atoms with van der Waals surface area (Å²) >= 11 is 0. The average molecular weight is 490 g/mol. The van der Waals surface area contributed by atoms with E-state index in [2.05, 4.69) is 25.3 Å². The van der Waals surface area contributed by atoms with Crippen LogP contribution in [0, 0.1) is 5.82 Å². The van der Waals surface area contributed by atoms with Crippen molar-refractivity contribution in [1.29, 1.82) is 0 Å². The van der Waals surface area contributed by atoms with Gasteiger partial charge in [-0.15, -0.1) is 0 Å². The number of nitrogens with zero attached hydrogens (tertiary/aromatic N) is 3. The number of piperidine rings is 1. The number of rotatable bonds is 5. The van der Waals surface area contributed by atoms with Crippen molar-refractivity contribution in [2.45, 2.75) is 31.8 Å². The molecule has 0 saturated carbocycles. The molecule has 4 N–H and O–H groups in total. The van der Waals surface area contributed by atoms with E-state index in [1.807, 2.05) is 0 Å². The summed E-state index contributed by atoms with van der Waals surface area (Å²) in [6.07, 6.45) is 3.66. The van der Waals surface area contributed by atoms with E-state index in [4.69, 9.17) is 0 Å². The number of aromatic hydroxyl groups is 1. The van der Waals surface area contributed by atoms with Crippen LogP contribution in [0.25, 0.3) is 11.0 Å². The zero-order chi connectivity index (χ0) is 25.2. The Bertz CT molecular complexity index is 1500. The van der Waals surface area contributed by atoms with E-state index in [0.717, 1.165) is 23.9 Å². The summed E-state index contributed by atoms with van der Waals surface area (Å²) in [6.45, 7) is 0.494. The SMILES string of the molecule is O=C(NCc1ccc(F)cc1)c1nc(C2CCCCN2C(=O)c2ccc3nc[nH]c3c2)[nH]c(=O)c1O. The molecule has 11 heteroatoms. The molecule has 0 spiro atoms. The molecule has 184 valence electrons. The number of amides is 2. The highest BCUT2D eigenvalue weighted by Gasteiger charge is 2.32. The molecule has 2 amide bonds. The maximum atomic E-state index is 13.4. The third kappa shape index (κ3) is 4.54. The number of imidazole rings is 1. The van der Waals surface area contributed by atoms with Crippen molar-refractivity contribution in [2.75, 3.05) is 6.54 Å². The van der Waals surface area contributed by atoms with Crippen LogP contribution in [0.3, 0.4) is 0 Å². The second kappa shape index (κ2) is 9.61. The Balaban J connectivity index is 1.41. The molecule has 1 fully saturated rings. The average Bonchev–Trinajstić information content (AvgIpc) is 3.37. The Morgan fingerprint density at radius 1 is 1.17 bits per heavy atom. The van der Waals surface area contributed by atoms with Crippen LogP contribution in [0.1, 0.15) is 57.5 Å². The van der Waals surface area contributed by atoms with Crippen LogP contribution in [0.4, 0.5) is 4.39 Å². The van der Waals surface area contributed by atoms with Crippen LogP contribution >= 0.6 is 0 Å². The van der Waals surface area contributed by atoms with E-state index in [0.29, 0.717) is 24.1 Å². The second-order valence-electron chi connectivity index (χ2n) is 8.60. The zero-order valence-electron chi connectivity index (χ0n) is 19.1. The van der Waals surface area contributed by atoms with Gasteiger partial charge in [0, 0.05) is 18.7 Å². The molecule has 0 bridgehead atoms. The first kappa shape index (κ1) is 23.2. The highest BCUT2D eigenvalue weighted by molar-refractivity contribution is 5.97. The summed E-state index contributed by atoms with van der Waals surface area (Å²) in [5.41, 5.74) is 1.24. The number of H-pyrrole nitrogens is 2. The first-order valence-electron chi connectivity index (χ1n) is 11.5. The topological polar surface area (TPSA) is 144 Å². The van der Waals surface area contributed by atoms with Gasteiger partial charge in [-0.05, 0) is 55.2 Å². The van der Waals surface area contributed by atoms with Gasteiger partial charge in [-0.25, -0.2) is 14.4 Å². The third-order valence-electron chi connectivity index (χ3n) is 6.24. The molecule has 2 aromatic carbocycles. The van der Waals surface area contributed by atoms with Crippen molar-refractivity contribution in [3.05, 3.63) is 87.6 Å². The number of hydrogen-bond acceptors (Lipinski definition) is 6. The summed E-state index contributed by atoms with van der Waals surface area (Å²) in [5, 5.41) is 12.8. The van der Waals surface area contributed by atoms with E-state index in [-0.39, 0.29) is 18.3 Å². The Labute approximate surface area is 204 Å². The lowest BCUT2D eigenvalue weighted by molar-refractivity contribution is 0.0599. The van der Waals surface area contributed by atoms with Crippen molar-refractivity contribution < 1.29 is 19.1 Å². The zero-order valence-corrected chi connectivity index (χ0v) is 19.1. The molecule has 2 aromatic heterocycles. The Kier molecular flexibility index (Phi) is 6.19. The number of carbonyl (C=O) groups excluding carboxylic acids is 2. The van der Waals surface area contributed by atoms with Gasteiger partial charge in [0.1, 0.15) is 11.6 Å². The van der Waals surface area contributed by atoms with E-state index in [1.54, 1.807) is 29.4 Å². The fourth-order valence-electron chi connectivity index (χ4n) is 4.36. The molecule has 5 rings (SSSR count). The maximum Gasteiger partial charge on any atom is 0.294 e. The fourth-order valence-corrected chi connectivity index (χ4v) is 4.36. The molecule has 1 aliphatic heterocycles. The normalized spacial score (nSPS) is 15.7. The first-order chi connectivity index (χ1) is 17.4.